The monoisotopic (exact) mass is 243 g/mol. The van der Waals surface area contributed by atoms with Crippen LogP contribution in [0.2, 0.25) is 0 Å². The van der Waals surface area contributed by atoms with E-state index in [0.717, 1.165) is 11.0 Å². The van der Waals surface area contributed by atoms with Crippen LogP contribution >= 0.6 is 11.5 Å². The highest BCUT2D eigenvalue weighted by Crippen LogP contribution is 2.20. The minimum atomic E-state index is -0.261. The Balaban J connectivity index is 2.74. The summed E-state index contributed by atoms with van der Waals surface area (Å²) in [5.41, 5.74) is 0. The van der Waals surface area contributed by atoms with Crippen molar-refractivity contribution in [1.82, 2.24) is 9.36 Å². The summed E-state index contributed by atoms with van der Waals surface area (Å²) < 4.78 is 8.89. The Bertz CT molecular complexity index is 352. The van der Waals surface area contributed by atoms with Crippen molar-refractivity contribution in [3.8, 4) is 0 Å². The predicted octanol–water partition coefficient (Wildman–Crippen LogP) is 1.66. The highest BCUT2D eigenvalue weighted by Gasteiger charge is 2.15. The number of rotatable bonds is 5. The third-order valence-corrected chi connectivity index (χ3v) is 2.94. The summed E-state index contributed by atoms with van der Waals surface area (Å²) in [7, 11) is 1.38. The van der Waals surface area contributed by atoms with Crippen molar-refractivity contribution in [3.05, 3.63) is 5.82 Å². The molecular formula is C10H17N3O2S. The van der Waals surface area contributed by atoms with Gasteiger partial charge in [0.25, 0.3) is 0 Å². The van der Waals surface area contributed by atoms with Gasteiger partial charge in [-0.1, -0.05) is 13.8 Å². The molecule has 0 saturated carbocycles. The van der Waals surface area contributed by atoms with Crippen LogP contribution in [0, 0.1) is 0 Å². The van der Waals surface area contributed by atoms with E-state index >= 15 is 0 Å². The van der Waals surface area contributed by atoms with Crippen molar-refractivity contribution in [1.29, 1.82) is 0 Å². The average Bonchev–Trinajstić information content (AvgIpc) is 2.74. The Kier molecular flexibility index (Phi) is 4.67. The lowest BCUT2D eigenvalue weighted by Crippen LogP contribution is -2.30. The molecule has 0 atom stereocenters. The van der Waals surface area contributed by atoms with Crippen LogP contribution in [0.1, 0.15) is 32.5 Å². The summed E-state index contributed by atoms with van der Waals surface area (Å²) in [6, 6.07) is 0. The lowest BCUT2D eigenvalue weighted by molar-refractivity contribution is -0.138. The van der Waals surface area contributed by atoms with Gasteiger partial charge in [0.2, 0.25) is 5.13 Å². The van der Waals surface area contributed by atoms with Gasteiger partial charge in [0.1, 0.15) is 12.4 Å². The van der Waals surface area contributed by atoms with Crippen LogP contribution in [0.3, 0.4) is 0 Å². The molecule has 1 aromatic rings. The van der Waals surface area contributed by atoms with Gasteiger partial charge in [-0.3, -0.25) is 4.79 Å². The Morgan fingerprint density at radius 1 is 1.56 bits per heavy atom. The quantitative estimate of drug-likeness (QED) is 0.736. The maximum Gasteiger partial charge on any atom is 0.325 e. The fourth-order valence-corrected chi connectivity index (χ4v) is 1.99. The lowest BCUT2D eigenvalue weighted by Gasteiger charge is -2.17. The second-order valence-electron chi connectivity index (χ2n) is 3.68. The standard InChI is InChI=1S/C10H17N3O2S/c1-5-13(6-8(14)15-4)10-11-9(7(2)3)12-16-10/h7H,5-6H2,1-4H3. The van der Waals surface area contributed by atoms with E-state index in [0.29, 0.717) is 12.5 Å². The number of hydrogen-bond donors (Lipinski definition) is 0. The number of carbonyl (C=O) groups excluding carboxylic acids is 1. The van der Waals surface area contributed by atoms with Crippen molar-refractivity contribution >= 4 is 22.6 Å². The summed E-state index contributed by atoms with van der Waals surface area (Å²) in [6.45, 7) is 6.99. The second-order valence-corrected chi connectivity index (χ2v) is 4.41. The van der Waals surface area contributed by atoms with Gasteiger partial charge >= 0.3 is 5.97 Å². The van der Waals surface area contributed by atoms with Gasteiger partial charge in [-0.05, 0) is 6.92 Å². The summed E-state index contributed by atoms with van der Waals surface area (Å²) >= 11 is 1.32. The van der Waals surface area contributed by atoms with Crippen LogP contribution in [-0.2, 0) is 9.53 Å². The molecule has 0 aliphatic carbocycles. The maximum absolute atomic E-state index is 11.2. The first-order valence-corrected chi connectivity index (χ1v) is 6.01. The van der Waals surface area contributed by atoms with Gasteiger partial charge in [-0.15, -0.1) is 0 Å². The molecule has 0 unspecified atom stereocenters. The fourth-order valence-electron chi connectivity index (χ4n) is 1.12. The minimum Gasteiger partial charge on any atom is -0.468 e. The number of likely N-dealkylation sites (N-methyl/N-ethyl adjacent to an activating group) is 1. The SMILES string of the molecule is CCN(CC(=O)OC)c1nc(C(C)C)ns1. The molecule has 1 rings (SSSR count). The Hall–Kier alpha value is -1.17. The van der Waals surface area contributed by atoms with E-state index in [2.05, 4.69) is 14.1 Å². The van der Waals surface area contributed by atoms with Crippen LogP contribution < -0.4 is 4.90 Å². The highest BCUT2D eigenvalue weighted by molar-refractivity contribution is 7.09. The van der Waals surface area contributed by atoms with Gasteiger partial charge in [-0.2, -0.15) is 4.37 Å². The van der Waals surface area contributed by atoms with Gasteiger partial charge in [0.05, 0.1) is 7.11 Å². The summed E-state index contributed by atoms with van der Waals surface area (Å²) in [5, 5.41) is 0.775. The molecule has 0 spiro atoms. The van der Waals surface area contributed by atoms with Crippen LogP contribution in [0.25, 0.3) is 0 Å². The number of methoxy groups -OCH3 is 1. The molecule has 0 radical (unpaired) electrons. The first kappa shape index (κ1) is 12.9. The van der Waals surface area contributed by atoms with Crippen molar-refractivity contribution in [2.75, 3.05) is 25.1 Å². The molecule has 0 aliphatic heterocycles. The smallest absolute Gasteiger partial charge is 0.325 e. The average molecular weight is 243 g/mol. The van der Waals surface area contributed by atoms with Gasteiger partial charge in [-0.25, -0.2) is 4.98 Å². The Morgan fingerprint density at radius 3 is 2.69 bits per heavy atom. The molecule has 0 N–H and O–H groups in total. The zero-order valence-corrected chi connectivity index (χ0v) is 10.9. The van der Waals surface area contributed by atoms with Crippen molar-refractivity contribution in [2.24, 2.45) is 0 Å². The predicted molar refractivity (Wildman–Crippen MR) is 63.9 cm³/mol. The summed E-state index contributed by atoms with van der Waals surface area (Å²) in [6.07, 6.45) is 0. The number of carbonyl (C=O) groups is 1. The van der Waals surface area contributed by atoms with Gasteiger partial charge in [0, 0.05) is 24.0 Å². The molecule has 90 valence electrons. The van der Waals surface area contributed by atoms with E-state index in [4.69, 9.17) is 0 Å². The maximum atomic E-state index is 11.2. The number of aromatic nitrogens is 2. The molecule has 0 amide bonds. The Morgan fingerprint density at radius 2 is 2.25 bits per heavy atom. The van der Waals surface area contributed by atoms with Crippen LogP contribution in [0.15, 0.2) is 0 Å². The molecule has 5 nitrogen and oxygen atoms in total. The van der Waals surface area contributed by atoms with Gasteiger partial charge < -0.3 is 9.64 Å². The molecule has 16 heavy (non-hydrogen) atoms. The van der Waals surface area contributed by atoms with E-state index in [1.54, 1.807) is 0 Å². The first-order chi connectivity index (χ1) is 7.58. The fraction of sp³-hybridized carbons (Fsp3) is 0.700. The van der Waals surface area contributed by atoms with Crippen molar-refractivity contribution < 1.29 is 9.53 Å². The summed E-state index contributed by atoms with van der Waals surface area (Å²) in [4.78, 5) is 17.4. The minimum absolute atomic E-state index is 0.222. The Labute approximate surface area is 99.6 Å². The van der Waals surface area contributed by atoms with E-state index in [-0.39, 0.29) is 12.5 Å². The van der Waals surface area contributed by atoms with Crippen molar-refractivity contribution in [2.45, 2.75) is 26.7 Å². The van der Waals surface area contributed by atoms with Crippen LogP contribution in [0.5, 0.6) is 0 Å². The number of ether oxygens (including phenoxy) is 1. The second kappa shape index (κ2) is 5.79. The highest BCUT2D eigenvalue weighted by atomic mass is 32.1. The molecule has 0 aromatic carbocycles. The normalized spacial score (nSPS) is 10.6. The number of esters is 1. The van der Waals surface area contributed by atoms with Crippen LogP contribution in [0.4, 0.5) is 5.13 Å². The number of anilines is 1. The van der Waals surface area contributed by atoms with Crippen molar-refractivity contribution in [3.63, 3.8) is 0 Å². The van der Waals surface area contributed by atoms with E-state index < -0.39 is 0 Å². The molecule has 1 aromatic heterocycles. The molecule has 0 aliphatic rings. The topological polar surface area (TPSA) is 55.3 Å². The molecule has 6 heteroatoms. The van der Waals surface area contributed by atoms with E-state index in [1.165, 1.54) is 18.6 Å². The third-order valence-electron chi connectivity index (χ3n) is 2.15. The number of nitrogens with zero attached hydrogens (tertiary/aromatic N) is 3. The molecule has 0 saturated heterocycles. The van der Waals surface area contributed by atoms with Gasteiger partial charge in [0.15, 0.2) is 0 Å². The molecule has 0 fully saturated rings. The zero-order chi connectivity index (χ0) is 12.1. The zero-order valence-electron chi connectivity index (χ0n) is 10.1. The molecule has 1 heterocycles. The van der Waals surface area contributed by atoms with Crippen LogP contribution in [-0.4, -0.2) is 35.5 Å². The lowest BCUT2D eigenvalue weighted by atomic mass is 10.2. The van der Waals surface area contributed by atoms with E-state index in [1.807, 2.05) is 25.7 Å². The molecule has 0 bridgehead atoms. The molecular weight excluding hydrogens is 226 g/mol. The largest absolute Gasteiger partial charge is 0.468 e. The van der Waals surface area contributed by atoms with E-state index in [9.17, 15) is 4.79 Å². The first-order valence-electron chi connectivity index (χ1n) is 5.23. The third kappa shape index (κ3) is 3.16. The summed E-state index contributed by atoms with van der Waals surface area (Å²) in [5.74, 6) is 0.869. The number of hydrogen-bond acceptors (Lipinski definition) is 6.